The van der Waals surface area contributed by atoms with Gasteiger partial charge in [-0.05, 0) is 44.4 Å². The highest BCUT2D eigenvalue weighted by Gasteiger charge is 2.22. The summed E-state index contributed by atoms with van der Waals surface area (Å²) >= 11 is 0. The van der Waals surface area contributed by atoms with Crippen LogP contribution in [0.15, 0.2) is 0 Å². The quantitative estimate of drug-likeness (QED) is 0.860. The van der Waals surface area contributed by atoms with E-state index in [9.17, 15) is 4.79 Å². The van der Waals surface area contributed by atoms with Crippen molar-refractivity contribution in [3.8, 4) is 0 Å². The molecule has 0 unspecified atom stereocenters. The van der Waals surface area contributed by atoms with Crippen LogP contribution in [0.25, 0.3) is 0 Å². The molecule has 3 rings (SSSR count). The second-order valence-electron chi connectivity index (χ2n) is 5.60. The number of H-pyrrole nitrogens is 1. The van der Waals surface area contributed by atoms with Gasteiger partial charge in [0.25, 0.3) is 5.91 Å². The van der Waals surface area contributed by atoms with Crippen molar-refractivity contribution in [3.05, 3.63) is 17.0 Å². The number of hydrogen-bond donors (Lipinski definition) is 2. The van der Waals surface area contributed by atoms with Gasteiger partial charge in [0.05, 0.1) is 0 Å². The highest BCUT2D eigenvalue weighted by atomic mass is 16.1. The number of aryl methyl sites for hydroxylation is 1. The van der Waals surface area contributed by atoms with Crippen molar-refractivity contribution in [3.63, 3.8) is 0 Å². The molecular formula is C14H21N3O. The fourth-order valence-corrected chi connectivity index (χ4v) is 3.20. The van der Waals surface area contributed by atoms with E-state index >= 15 is 0 Å². The SMILES string of the molecule is O=C(NCC1CCCC1)c1n[nH]c2c1CCCC2. The maximum absolute atomic E-state index is 12.1. The largest absolute Gasteiger partial charge is 0.350 e. The Bertz CT molecular complexity index is 432. The lowest BCUT2D eigenvalue weighted by molar-refractivity contribution is 0.0941. The van der Waals surface area contributed by atoms with Crippen molar-refractivity contribution >= 4 is 5.91 Å². The Morgan fingerprint density at radius 1 is 1.22 bits per heavy atom. The summed E-state index contributed by atoms with van der Waals surface area (Å²) in [5.74, 6) is 0.699. The number of amides is 1. The smallest absolute Gasteiger partial charge is 0.272 e. The van der Waals surface area contributed by atoms with Gasteiger partial charge in [0.15, 0.2) is 5.69 Å². The molecule has 1 amide bonds. The summed E-state index contributed by atoms with van der Waals surface area (Å²) in [4.78, 5) is 12.1. The molecule has 0 aliphatic heterocycles. The molecule has 0 atom stereocenters. The van der Waals surface area contributed by atoms with Crippen molar-refractivity contribution < 1.29 is 4.79 Å². The van der Waals surface area contributed by atoms with E-state index in [1.165, 1.54) is 44.2 Å². The number of nitrogens with zero attached hydrogens (tertiary/aromatic N) is 1. The van der Waals surface area contributed by atoms with Crippen molar-refractivity contribution in [1.82, 2.24) is 15.5 Å². The van der Waals surface area contributed by atoms with Crippen molar-refractivity contribution in [2.75, 3.05) is 6.54 Å². The van der Waals surface area contributed by atoms with Crippen LogP contribution in [0.3, 0.4) is 0 Å². The van der Waals surface area contributed by atoms with Crippen LogP contribution >= 0.6 is 0 Å². The summed E-state index contributed by atoms with van der Waals surface area (Å²) in [6, 6.07) is 0. The van der Waals surface area contributed by atoms with Crippen molar-refractivity contribution in [1.29, 1.82) is 0 Å². The molecular weight excluding hydrogens is 226 g/mol. The molecule has 0 saturated heterocycles. The average molecular weight is 247 g/mol. The van der Waals surface area contributed by atoms with Crippen LogP contribution in [0.4, 0.5) is 0 Å². The van der Waals surface area contributed by atoms with Gasteiger partial charge in [-0.3, -0.25) is 9.89 Å². The Hall–Kier alpha value is -1.32. The van der Waals surface area contributed by atoms with Crippen LogP contribution in [0.2, 0.25) is 0 Å². The van der Waals surface area contributed by atoms with Crippen molar-refractivity contribution in [2.45, 2.75) is 51.4 Å². The zero-order valence-electron chi connectivity index (χ0n) is 10.8. The molecule has 4 nitrogen and oxygen atoms in total. The molecule has 1 heterocycles. The number of aromatic nitrogens is 2. The summed E-state index contributed by atoms with van der Waals surface area (Å²) < 4.78 is 0. The third kappa shape index (κ3) is 2.28. The molecule has 2 N–H and O–H groups in total. The Morgan fingerprint density at radius 3 is 2.83 bits per heavy atom. The van der Waals surface area contributed by atoms with Crippen LogP contribution < -0.4 is 5.32 Å². The summed E-state index contributed by atoms with van der Waals surface area (Å²) in [7, 11) is 0. The van der Waals surface area contributed by atoms with E-state index in [0.29, 0.717) is 11.6 Å². The lowest BCUT2D eigenvalue weighted by Crippen LogP contribution is -2.29. The van der Waals surface area contributed by atoms with Crippen molar-refractivity contribution in [2.24, 2.45) is 5.92 Å². The molecule has 2 aliphatic carbocycles. The number of carbonyl (C=O) groups is 1. The van der Waals surface area contributed by atoms with Crippen LogP contribution in [0, 0.1) is 5.92 Å². The third-order valence-corrected chi connectivity index (χ3v) is 4.30. The van der Waals surface area contributed by atoms with Crippen LogP contribution in [-0.4, -0.2) is 22.6 Å². The molecule has 0 spiro atoms. The molecule has 4 heteroatoms. The molecule has 0 bridgehead atoms. The first-order chi connectivity index (χ1) is 8.84. The summed E-state index contributed by atoms with van der Waals surface area (Å²) in [6.45, 7) is 0.820. The number of nitrogens with one attached hydrogen (secondary N) is 2. The van der Waals surface area contributed by atoms with Gasteiger partial charge in [-0.15, -0.1) is 0 Å². The zero-order valence-corrected chi connectivity index (χ0v) is 10.8. The number of rotatable bonds is 3. The molecule has 98 valence electrons. The van der Waals surface area contributed by atoms with E-state index < -0.39 is 0 Å². The first-order valence-electron chi connectivity index (χ1n) is 7.19. The third-order valence-electron chi connectivity index (χ3n) is 4.30. The molecule has 1 aromatic heterocycles. The Morgan fingerprint density at radius 2 is 2.00 bits per heavy atom. The fourth-order valence-electron chi connectivity index (χ4n) is 3.20. The topological polar surface area (TPSA) is 57.8 Å². The summed E-state index contributed by atoms with van der Waals surface area (Å²) in [5, 5.41) is 10.3. The normalized spacial score (nSPS) is 19.8. The molecule has 1 saturated carbocycles. The van der Waals surface area contributed by atoms with Gasteiger partial charge < -0.3 is 5.32 Å². The van der Waals surface area contributed by atoms with Gasteiger partial charge >= 0.3 is 0 Å². The van der Waals surface area contributed by atoms with Gasteiger partial charge in [-0.2, -0.15) is 5.10 Å². The van der Waals surface area contributed by atoms with E-state index in [1.54, 1.807) is 0 Å². The van der Waals surface area contributed by atoms with Gasteiger partial charge in [-0.1, -0.05) is 12.8 Å². The number of carbonyl (C=O) groups excluding carboxylic acids is 1. The van der Waals surface area contributed by atoms with E-state index in [2.05, 4.69) is 15.5 Å². The lowest BCUT2D eigenvalue weighted by Gasteiger charge is -2.12. The average Bonchev–Trinajstić information content (AvgIpc) is 3.05. The van der Waals surface area contributed by atoms with Gasteiger partial charge in [0.1, 0.15) is 0 Å². The molecule has 1 fully saturated rings. The Kier molecular flexibility index (Phi) is 3.35. The van der Waals surface area contributed by atoms with Gasteiger partial charge in [0.2, 0.25) is 0 Å². The Labute approximate surface area is 108 Å². The molecule has 1 aromatic rings. The maximum atomic E-state index is 12.1. The van der Waals surface area contributed by atoms with Crippen LogP contribution in [-0.2, 0) is 12.8 Å². The van der Waals surface area contributed by atoms with E-state index in [1.807, 2.05) is 0 Å². The Balaban J connectivity index is 1.63. The monoisotopic (exact) mass is 247 g/mol. The first-order valence-corrected chi connectivity index (χ1v) is 7.19. The zero-order chi connectivity index (χ0) is 12.4. The second-order valence-corrected chi connectivity index (χ2v) is 5.60. The maximum Gasteiger partial charge on any atom is 0.272 e. The molecule has 18 heavy (non-hydrogen) atoms. The van der Waals surface area contributed by atoms with Crippen LogP contribution in [0.1, 0.15) is 60.3 Å². The highest BCUT2D eigenvalue weighted by molar-refractivity contribution is 5.94. The molecule has 2 aliphatic rings. The summed E-state index contributed by atoms with van der Waals surface area (Å²) in [6.07, 6.45) is 9.58. The standard InChI is InChI=1S/C14H21N3O/c18-14(15-9-10-5-1-2-6-10)13-11-7-3-4-8-12(11)16-17-13/h10H,1-9H2,(H,15,18)(H,16,17). The van der Waals surface area contributed by atoms with Gasteiger partial charge in [0, 0.05) is 17.8 Å². The molecule has 0 aromatic carbocycles. The van der Waals surface area contributed by atoms with Gasteiger partial charge in [-0.25, -0.2) is 0 Å². The predicted octanol–water partition coefficient (Wildman–Crippen LogP) is 2.21. The molecule has 0 radical (unpaired) electrons. The fraction of sp³-hybridized carbons (Fsp3) is 0.714. The predicted molar refractivity (Wildman–Crippen MR) is 69.5 cm³/mol. The van der Waals surface area contributed by atoms with E-state index in [-0.39, 0.29) is 5.91 Å². The second kappa shape index (κ2) is 5.12. The summed E-state index contributed by atoms with van der Waals surface area (Å²) in [5.41, 5.74) is 2.97. The first kappa shape index (κ1) is 11.8. The highest BCUT2D eigenvalue weighted by Crippen LogP contribution is 2.24. The van der Waals surface area contributed by atoms with Crippen LogP contribution in [0.5, 0.6) is 0 Å². The minimum Gasteiger partial charge on any atom is -0.350 e. The number of aromatic amines is 1. The minimum absolute atomic E-state index is 0.0151. The van der Waals surface area contributed by atoms with E-state index in [0.717, 1.165) is 24.9 Å². The van der Waals surface area contributed by atoms with E-state index in [4.69, 9.17) is 0 Å². The number of hydrogen-bond acceptors (Lipinski definition) is 2. The number of fused-ring (bicyclic) bond motifs is 1. The lowest BCUT2D eigenvalue weighted by atomic mass is 9.95. The minimum atomic E-state index is 0.0151.